The van der Waals surface area contributed by atoms with E-state index in [0.717, 1.165) is 5.56 Å². The van der Waals surface area contributed by atoms with Crippen LogP contribution >= 0.6 is 23.2 Å². The summed E-state index contributed by atoms with van der Waals surface area (Å²) in [6.45, 7) is 2.08. The van der Waals surface area contributed by atoms with E-state index < -0.39 is 0 Å². The topological polar surface area (TPSA) is 52.1 Å². The lowest BCUT2D eigenvalue weighted by molar-refractivity contribution is -0.142. The van der Waals surface area contributed by atoms with Crippen LogP contribution in [0, 0.1) is 0 Å². The fourth-order valence-corrected chi connectivity index (χ4v) is 2.07. The summed E-state index contributed by atoms with van der Waals surface area (Å²) in [4.78, 5) is 19.9. The third-order valence-electron chi connectivity index (χ3n) is 2.46. The van der Waals surface area contributed by atoms with Crippen LogP contribution in [0.1, 0.15) is 12.6 Å². The molecule has 0 aliphatic heterocycles. The minimum atomic E-state index is -0.348. The van der Waals surface area contributed by atoms with Gasteiger partial charge in [-0.15, -0.1) is 0 Å². The van der Waals surface area contributed by atoms with Gasteiger partial charge < -0.3 is 4.74 Å². The van der Waals surface area contributed by atoms with Crippen LogP contribution in [0.25, 0.3) is 11.4 Å². The Morgan fingerprint density at radius 3 is 2.75 bits per heavy atom. The average molecular weight is 311 g/mol. The molecule has 0 N–H and O–H groups in total. The van der Waals surface area contributed by atoms with Crippen molar-refractivity contribution in [1.82, 2.24) is 9.97 Å². The SMILES string of the molecule is CCOC(=O)Cc1cc(Cl)nc(-c2cccc(Cl)c2)n1. The molecule has 1 aromatic heterocycles. The largest absolute Gasteiger partial charge is 0.466 e. The van der Waals surface area contributed by atoms with Gasteiger partial charge in [0.25, 0.3) is 0 Å². The molecule has 0 aliphatic rings. The number of esters is 1. The summed E-state index contributed by atoms with van der Waals surface area (Å²) in [5.41, 5.74) is 1.25. The molecule has 0 spiro atoms. The van der Waals surface area contributed by atoms with Crippen molar-refractivity contribution in [3.63, 3.8) is 0 Å². The fraction of sp³-hybridized carbons (Fsp3) is 0.214. The number of aromatic nitrogens is 2. The molecule has 1 heterocycles. The van der Waals surface area contributed by atoms with Crippen LogP contribution < -0.4 is 0 Å². The van der Waals surface area contributed by atoms with Gasteiger partial charge in [-0.05, 0) is 25.1 Å². The lowest BCUT2D eigenvalue weighted by Gasteiger charge is -2.05. The molecule has 4 nitrogen and oxygen atoms in total. The van der Waals surface area contributed by atoms with Crippen LogP contribution in [-0.2, 0) is 16.0 Å². The van der Waals surface area contributed by atoms with Crippen molar-refractivity contribution in [3.05, 3.63) is 46.2 Å². The van der Waals surface area contributed by atoms with Gasteiger partial charge in [-0.2, -0.15) is 0 Å². The van der Waals surface area contributed by atoms with Crippen molar-refractivity contribution >= 4 is 29.2 Å². The Morgan fingerprint density at radius 2 is 2.05 bits per heavy atom. The van der Waals surface area contributed by atoms with Crippen LogP contribution in [0.5, 0.6) is 0 Å². The summed E-state index contributed by atoms with van der Waals surface area (Å²) in [6.07, 6.45) is 0.0592. The molecule has 1 aromatic carbocycles. The van der Waals surface area contributed by atoms with Crippen molar-refractivity contribution < 1.29 is 9.53 Å². The van der Waals surface area contributed by atoms with Gasteiger partial charge in [0.2, 0.25) is 0 Å². The van der Waals surface area contributed by atoms with E-state index in [1.807, 2.05) is 6.07 Å². The first kappa shape index (κ1) is 14.8. The Hall–Kier alpha value is -1.65. The second kappa shape index (κ2) is 6.68. The number of hydrogen-bond donors (Lipinski definition) is 0. The summed E-state index contributed by atoms with van der Waals surface area (Å²) >= 11 is 11.9. The van der Waals surface area contributed by atoms with E-state index in [4.69, 9.17) is 27.9 Å². The number of benzene rings is 1. The third kappa shape index (κ3) is 3.92. The standard InChI is InChI=1S/C14H12Cl2N2O2/c1-2-20-13(19)8-11-7-12(16)18-14(17-11)9-4-3-5-10(15)6-9/h3-7H,2,8H2,1H3. The second-order valence-electron chi connectivity index (χ2n) is 4.00. The number of nitrogens with zero attached hydrogens (tertiary/aromatic N) is 2. The Morgan fingerprint density at radius 1 is 1.25 bits per heavy atom. The molecule has 0 saturated heterocycles. The van der Waals surface area contributed by atoms with Gasteiger partial charge >= 0.3 is 5.97 Å². The van der Waals surface area contributed by atoms with Crippen LogP contribution in [0.3, 0.4) is 0 Å². The molecule has 0 saturated carbocycles. The molecular formula is C14H12Cl2N2O2. The highest BCUT2D eigenvalue weighted by Crippen LogP contribution is 2.21. The summed E-state index contributed by atoms with van der Waals surface area (Å²) in [5, 5.41) is 0.854. The molecule has 20 heavy (non-hydrogen) atoms. The summed E-state index contributed by atoms with van der Waals surface area (Å²) < 4.78 is 4.89. The molecule has 2 aromatic rings. The van der Waals surface area contributed by atoms with Crippen LogP contribution in [0.2, 0.25) is 10.2 Å². The molecular weight excluding hydrogens is 299 g/mol. The number of hydrogen-bond acceptors (Lipinski definition) is 4. The highest BCUT2D eigenvalue weighted by molar-refractivity contribution is 6.31. The zero-order chi connectivity index (χ0) is 14.5. The number of rotatable bonds is 4. The maximum absolute atomic E-state index is 11.5. The summed E-state index contributed by atoms with van der Waals surface area (Å²) in [5.74, 6) is 0.0820. The zero-order valence-corrected chi connectivity index (χ0v) is 12.3. The van der Waals surface area contributed by atoms with E-state index in [9.17, 15) is 4.79 Å². The van der Waals surface area contributed by atoms with E-state index in [2.05, 4.69) is 9.97 Å². The van der Waals surface area contributed by atoms with Crippen molar-refractivity contribution in [3.8, 4) is 11.4 Å². The molecule has 0 fully saturated rings. The Kier molecular flexibility index (Phi) is 4.93. The van der Waals surface area contributed by atoms with E-state index in [0.29, 0.717) is 23.1 Å². The Bertz CT molecular complexity index is 632. The first-order chi connectivity index (χ1) is 9.58. The van der Waals surface area contributed by atoms with Gasteiger partial charge in [0, 0.05) is 10.6 Å². The van der Waals surface area contributed by atoms with Crippen molar-refractivity contribution in [1.29, 1.82) is 0 Å². The number of halogens is 2. The summed E-state index contributed by atoms with van der Waals surface area (Å²) in [6, 6.07) is 8.67. The Labute approximate surface area is 126 Å². The minimum Gasteiger partial charge on any atom is -0.466 e. The van der Waals surface area contributed by atoms with Gasteiger partial charge in [-0.3, -0.25) is 4.79 Å². The van der Waals surface area contributed by atoms with Crippen molar-refractivity contribution in [2.24, 2.45) is 0 Å². The van der Waals surface area contributed by atoms with Crippen LogP contribution in [0.15, 0.2) is 30.3 Å². The zero-order valence-electron chi connectivity index (χ0n) is 10.8. The van der Waals surface area contributed by atoms with Crippen LogP contribution in [0.4, 0.5) is 0 Å². The molecule has 0 amide bonds. The second-order valence-corrected chi connectivity index (χ2v) is 4.82. The van der Waals surface area contributed by atoms with E-state index in [1.165, 1.54) is 0 Å². The van der Waals surface area contributed by atoms with Crippen molar-refractivity contribution in [2.45, 2.75) is 13.3 Å². The third-order valence-corrected chi connectivity index (χ3v) is 2.89. The maximum Gasteiger partial charge on any atom is 0.311 e. The maximum atomic E-state index is 11.5. The molecule has 0 atom stereocenters. The normalized spacial score (nSPS) is 10.3. The van der Waals surface area contributed by atoms with Gasteiger partial charge in [0.1, 0.15) is 5.15 Å². The first-order valence-corrected chi connectivity index (χ1v) is 6.79. The molecule has 0 bridgehead atoms. The predicted molar refractivity (Wildman–Crippen MR) is 77.8 cm³/mol. The molecule has 6 heteroatoms. The number of ether oxygens (including phenoxy) is 1. The lowest BCUT2D eigenvalue weighted by Crippen LogP contribution is -2.09. The minimum absolute atomic E-state index is 0.0592. The van der Waals surface area contributed by atoms with Crippen LogP contribution in [-0.4, -0.2) is 22.5 Å². The molecule has 104 valence electrons. The smallest absolute Gasteiger partial charge is 0.311 e. The Balaban J connectivity index is 2.31. The number of carbonyl (C=O) groups is 1. The average Bonchev–Trinajstić information content (AvgIpc) is 2.38. The predicted octanol–water partition coefficient (Wildman–Crippen LogP) is 3.56. The molecule has 2 rings (SSSR count). The first-order valence-electron chi connectivity index (χ1n) is 6.03. The van der Waals surface area contributed by atoms with Gasteiger partial charge in [0.15, 0.2) is 5.82 Å². The van der Waals surface area contributed by atoms with E-state index in [1.54, 1.807) is 31.2 Å². The highest BCUT2D eigenvalue weighted by Gasteiger charge is 2.10. The van der Waals surface area contributed by atoms with E-state index in [-0.39, 0.29) is 17.5 Å². The van der Waals surface area contributed by atoms with Gasteiger partial charge in [0.05, 0.1) is 18.7 Å². The fourth-order valence-electron chi connectivity index (χ4n) is 1.67. The number of carbonyl (C=O) groups excluding carboxylic acids is 1. The van der Waals surface area contributed by atoms with Gasteiger partial charge in [-0.25, -0.2) is 9.97 Å². The monoisotopic (exact) mass is 310 g/mol. The summed E-state index contributed by atoms with van der Waals surface area (Å²) in [7, 11) is 0. The van der Waals surface area contributed by atoms with Crippen molar-refractivity contribution in [2.75, 3.05) is 6.61 Å². The van der Waals surface area contributed by atoms with Gasteiger partial charge in [-0.1, -0.05) is 35.3 Å². The quantitative estimate of drug-likeness (QED) is 0.640. The van der Waals surface area contributed by atoms with E-state index >= 15 is 0 Å². The molecule has 0 radical (unpaired) electrons. The molecule has 0 aliphatic carbocycles. The molecule has 0 unspecified atom stereocenters. The lowest BCUT2D eigenvalue weighted by atomic mass is 10.2. The highest BCUT2D eigenvalue weighted by atomic mass is 35.5.